The molecule has 3 fully saturated rings. The van der Waals surface area contributed by atoms with E-state index in [1.165, 1.54) is 24.8 Å². The number of carbonyl (C=O) groups is 4. The van der Waals surface area contributed by atoms with Crippen molar-refractivity contribution in [3.8, 4) is 0 Å². The van der Waals surface area contributed by atoms with Crippen LogP contribution < -0.4 is 5.32 Å². The normalized spacial score (nSPS) is 30.6. The van der Waals surface area contributed by atoms with Crippen molar-refractivity contribution in [1.82, 2.24) is 15.1 Å². The number of likely N-dealkylation sites (tertiary alicyclic amines) is 1. The van der Waals surface area contributed by atoms with Crippen LogP contribution >= 0.6 is 0 Å². The standard InChI is InChI=1S/C23H25N3O6/c1-14(27)24-10-18-12-26(22(30)32-18)17-6-4-15(5-7-17)23-9-16(23)11-25(13-23)21(29)20(28)19-3-2-8-31-19/h2-6,8,16-18H,7,9-13H2,1H3,(H,24,27)/t16?,17?,18-,23?/m0/s1. The van der Waals surface area contributed by atoms with Gasteiger partial charge in [-0.15, -0.1) is 0 Å². The van der Waals surface area contributed by atoms with E-state index in [2.05, 4.69) is 11.4 Å². The summed E-state index contributed by atoms with van der Waals surface area (Å²) >= 11 is 0. The van der Waals surface area contributed by atoms with Crippen molar-refractivity contribution < 1.29 is 28.3 Å². The first-order valence-corrected chi connectivity index (χ1v) is 10.8. The monoisotopic (exact) mass is 439 g/mol. The van der Waals surface area contributed by atoms with Gasteiger partial charge < -0.3 is 19.4 Å². The number of fused-ring (bicyclic) bond motifs is 1. The Balaban J connectivity index is 1.19. The second-order valence-electron chi connectivity index (χ2n) is 8.97. The van der Waals surface area contributed by atoms with Gasteiger partial charge in [-0.1, -0.05) is 18.2 Å². The average Bonchev–Trinajstić information content (AvgIpc) is 3.22. The fourth-order valence-corrected chi connectivity index (χ4v) is 5.13. The van der Waals surface area contributed by atoms with Gasteiger partial charge in [0.05, 0.1) is 25.4 Å². The summed E-state index contributed by atoms with van der Waals surface area (Å²) in [5, 5.41) is 2.68. The summed E-state index contributed by atoms with van der Waals surface area (Å²) in [5.74, 6) is -0.866. The first kappa shape index (κ1) is 20.5. The number of Topliss-reactive ketones (excluding diaryl/α,β-unsaturated/α-hetero) is 1. The number of piperidine rings is 1. The number of carbonyl (C=O) groups excluding carboxylic acids is 4. The van der Waals surface area contributed by atoms with Crippen LogP contribution in [0.4, 0.5) is 4.79 Å². The molecule has 9 nitrogen and oxygen atoms in total. The zero-order chi connectivity index (χ0) is 22.5. The summed E-state index contributed by atoms with van der Waals surface area (Å²) in [5.41, 5.74) is 1.07. The average molecular weight is 439 g/mol. The second-order valence-corrected chi connectivity index (χ2v) is 8.97. The van der Waals surface area contributed by atoms with Crippen LogP contribution in [0.1, 0.15) is 30.3 Å². The number of nitrogens with zero attached hydrogens (tertiary/aromatic N) is 2. The molecule has 0 radical (unpaired) electrons. The molecule has 0 aromatic carbocycles. The maximum absolute atomic E-state index is 12.6. The van der Waals surface area contributed by atoms with E-state index in [1.54, 1.807) is 15.9 Å². The fourth-order valence-electron chi connectivity index (χ4n) is 5.13. The van der Waals surface area contributed by atoms with Gasteiger partial charge in [0, 0.05) is 25.4 Å². The van der Waals surface area contributed by atoms with E-state index in [0.717, 1.165) is 6.42 Å². The number of ether oxygens (including phenoxy) is 1. The van der Waals surface area contributed by atoms with Crippen molar-refractivity contribution in [3.05, 3.63) is 48.0 Å². The Morgan fingerprint density at radius 3 is 2.81 bits per heavy atom. The predicted molar refractivity (Wildman–Crippen MR) is 111 cm³/mol. The van der Waals surface area contributed by atoms with Gasteiger partial charge in [-0.05, 0) is 36.5 Å². The van der Waals surface area contributed by atoms with Gasteiger partial charge in [-0.2, -0.15) is 0 Å². The highest BCUT2D eigenvalue weighted by Crippen LogP contribution is 2.63. The van der Waals surface area contributed by atoms with Crippen LogP contribution in [0.3, 0.4) is 0 Å². The molecule has 0 spiro atoms. The second kappa shape index (κ2) is 7.65. The molecule has 168 valence electrons. The summed E-state index contributed by atoms with van der Waals surface area (Å²) < 4.78 is 10.4. The number of rotatable bonds is 6. The van der Waals surface area contributed by atoms with Crippen molar-refractivity contribution in [1.29, 1.82) is 0 Å². The molecule has 1 aromatic rings. The number of cyclic esters (lactones) is 1. The van der Waals surface area contributed by atoms with Gasteiger partial charge in [-0.3, -0.25) is 19.3 Å². The number of nitrogens with one attached hydrogen (secondary N) is 1. The first-order chi connectivity index (χ1) is 15.4. The van der Waals surface area contributed by atoms with Crippen molar-refractivity contribution >= 4 is 23.7 Å². The molecule has 2 saturated heterocycles. The lowest BCUT2D eigenvalue weighted by molar-refractivity contribution is -0.126. The third kappa shape index (κ3) is 3.51. The molecule has 1 aromatic heterocycles. The Morgan fingerprint density at radius 2 is 2.12 bits per heavy atom. The van der Waals surface area contributed by atoms with Gasteiger partial charge in [-0.25, -0.2) is 4.79 Å². The van der Waals surface area contributed by atoms with Crippen LogP contribution in [0.2, 0.25) is 0 Å². The minimum absolute atomic E-state index is 0.0681. The molecule has 4 atom stereocenters. The highest BCUT2D eigenvalue weighted by molar-refractivity contribution is 6.42. The highest BCUT2D eigenvalue weighted by atomic mass is 16.6. The largest absolute Gasteiger partial charge is 0.461 e. The molecule has 1 N–H and O–H groups in total. The SMILES string of the molecule is CC(=O)NC[C@H]1CN(C2C=CC(C34CC3CN(C(=O)C(=O)c3ccco3)C4)=CC2)C(=O)O1. The van der Waals surface area contributed by atoms with Crippen LogP contribution in [0.15, 0.2) is 46.6 Å². The molecule has 3 unspecified atom stereocenters. The number of hydrogen-bond acceptors (Lipinski definition) is 6. The molecular weight excluding hydrogens is 414 g/mol. The van der Waals surface area contributed by atoms with Gasteiger partial charge >= 0.3 is 6.09 Å². The van der Waals surface area contributed by atoms with E-state index < -0.39 is 11.7 Å². The zero-order valence-corrected chi connectivity index (χ0v) is 17.8. The topological polar surface area (TPSA) is 109 Å². The van der Waals surface area contributed by atoms with Crippen LogP contribution in [-0.4, -0.2) is 71.8 Å². The number of hydrogen-bond donors (Lipinski definition) is 1. The molecule has 0 bridgehead atoms. The van der Waals surface area contributed by atoms with Crippen molar-refractivity contribution in [2.24, 2.45) is 11.3 Å². The number of ketones is 1. The maximum Gasteiger partial charge on any atom is 0.410 e. The zero-order valence-electron chi connectivity index (χ0n) is 17.8. The maximum atomic E-state index is 12.6. The summed E-state index contributed by atoms with van der Waals surface area (Å²) in [6, 6.07) is 3.00. The minimum atomic E-state index is -0.610. The molecule has 9 heteroatoms. The third-order valence-corrected chi connectivity index (χ3v) is 6.91. The lowest BCUT2D eigenvalue weighted by Gasteiger charge is -2.27. The van der Waals surface area contributed by atoms with Crippen LogP contribution in [0.25, 0.3) is 0 Å². The molecule has 2 aliphatic heterocycles. The molecule has 1 saturated carbocycles. The Bertz CT molecular complexity index is 1030. The van der Waals surface area contributed by atoms with Crippen molar-refractivity contribution in [2.75, 3.05) is 26.2 Å². The Morgan fingerprint density at radius 1 is 1.28 bits per heavy atom. The van der Waals surface area contributed by atoms with Crippen LogP contribution in [0, 0.1) is 11.3 Å². The smallest absolute Gasteiger partial charge is 0.410 e. The lowest BCUT2D eigenvalue weighted by Crippen LogP contribution is -2.38. The third-order valence-electron chi connectivity index (χ3n) is 6.91. The van der Waals surface area contributed by atoms with E-state index in [9.17, 15) is 19.2 Å². The number of allylic oxidation sites excluding steroid dienone is 1. The fraction of sp³-hybridized carbons (Fsp3) is 0.478. The van der Waals surface area contributed by atoms with E-state index in [-0.39, 0.29) is 35.3 Å². The van der Waals surface area contributed by atoms with Gasteiger partial charge in [0.1, 0.15) is 6.10 Å². The van der Waals surface area contributed by atoms with Crippen molar-refractivity contribution in [3.63, 3.8) is 0 Å². The van der Waals surface area contributed by atoms with Gasteiger partial charge in [0.2, 0.25) is 5.91 Å². The van der Waals surface area contributed by atoms with Crippen molar-refractivity contribution in [2.45, 2.75) is 31.9 Å². The Kier molecular flexibility index (Phi) is 4.91. The first-order valence-electron chi connectivity index (χ1n) is 10.8. The summed E-state index contributed by atoms with van der Waals surface area (Å²) in [4.78, 5) is 51.6. The van der Waals surface area contributed by atoms with Crippen LogP contribution in [-0.2, 0) is 14.3 Å². The Labute approximate surface area is 185 Å². The molecular formula is C23H25N3O6. The van der Waals surface area contributed by atoms with Gasteiger partial charge in [0.25, 0.3) is 11.7 Å². The molecule has 4 aliphatic rings. The summed E-state index contributed by atoms with van der Waals surface area (Å²) in [6.45, 7) is 3.26. The molecule has 2 aliphatic carbocycles. The van der Waals surface area contributed by atoms with E-state index in [0.29, 0.717) is 38.5 Å². The molecule has 32 heavy (non-hydrogen) atoms. The molecule has 3 heterocycles. The van der Waals surface area contributed by atoms with E-state index in [4.69, 9.17) is 9.15 Å². The molecule has 3 amide bonds. The number of amides is 3. The lowest BCUT2D eigenvalue weighted by atomic mass is 9.88. The Hall–Kier alpha value is -3.36. The summed E-state index contributed by atoms with van der Waals surface area (Å²) in [7, 11) is 0. The quantitative estimate of drug-likeness (QED) is 0.532. The van der Waals surface area contributed by atoms with E-state index >= 15 is 0 Å². The minimum Gasteiger partial charge on any atom is -0.461 e. The van der Waals surface area contributed by atoms with Gasteiger partial charge in [0.15, 0.2) is 5.76 Å². The van der Waals surface area contributed by atoms with Crippen LogP contribution in [0.5, 0.6) is 0 Å². The summed E-state index contributed by atoms with van der Waals surface area (Å²) in [6.07, 6.45) is 8.53. The predicted octanol–water partition coefficient (Wildman–Crippen LogP) is 1.52. The molecule has 5 rings (SSSR count). The highest BCUT2D eigenvalue weighted by Gasteiger charge is 2.62. The van der Waals surface area contributed by atoms with E-state index in [1.807, 2.05) is 12.2 Å². The number of furan rings is 1.